The van der Waals surface area contributed by atoms with Crippen molar-refractivity contribution in [3.05, 3.63) is 0 Å². The van der Waals surface area contributed by atoms with Crippen LogP contribution in [0.2, 0.25) is 0 Å². The number of amides is 1. The van der Waals surface area contributed by atoms with Gasteiger partial charge in [0.05, 0.1) is 5.60 Å². The summed E-state index contributed by atoms with van der Waals surface area (Å²) in [6.07, 6.45) is 2.39. The van der Waals surface area contributed by atoms with Gasteiger partial charge in [-0.2, -0.15) is 0 Å². The van der Waals surface area contributed by atoms with Crippen LogP contribution in [0.1, 0.15) is 40.0 Å². The highest BCUT2D eigenvalue weighted by molar-refractivity contribution is 5.76. The Hall–Kier alpha value is -0.610. The number of nitrogens with one attached hydrogen (secondary N) is 2. The fourth-order valence-electron chi connectivity index (χ4n) is 2.03. The molecule has 0 spiro atoms. The summed E-state index contributed by atoms with van der Waals surface area (Å²) in [5, 5.41) is 6.22. The second kappa shape index (κ2) is 6.21. The molecule has 4 nitrogen and oxygen atoms in total. The maximum Gasteiger partial charge on any atom is 0.221 e. The van der Waals surface area contributed by atoms with Gasteiger partial charge in [0.2, 0.25) is 5.91 Å². The first-order chi connectivity index (χ1) is 7.53. The number of hydrogen-bond acceptors (Lipinski definition) is 3. The van der Waals surface area contributed by atoms with E-state index in [1.54, 1.807) is 0 Å². The Kier molecular flexibility index (Phi) is 5.22. The smallest absolute Gasteiger partial charge is 0.221 e. The van der Waals surface area contributed by atoms with Crippen molar-refractivity contribution in [1.29, 1.82) is 0 Å². The summed E-state index contributed by atoms with van der Waals surface area (Å²) in [4.78, 5) is 11.6. The molecule has 1 aliphatic heterocycles. The van der Waals surface area contributed by atoms with Crippen LogP contribution in [0.3, 0.4) is 0 Å². The first kappa shape index (κ1) is 13.5. The second-order valence-electron chi connectivity index (χ2n) is 4.97. The van der Waals surface area contributed by atoms with Gasteiger partial charge in [0.15, 0.2) is 0 Å². The fourth-order valence-corrected chi connectivity index (χ4v) is 2.03. The summed E-state index contributed by atoms with van der Waals surface area (Å²) >= 11 is 0. The summed E-state index contributed by atoms with van der Waals surface area (Å²) in [7, 11) is 0. The quantitative estimate of drug-likeness (QED) is 0.692. The molecule has 2 N–H and O–H groups in total. The highest BCUT2D eigenvalue weighted by Gasteiger charge is 2.29. The lowest BCUT2D eigenvalue weighted by molar-refractivity contribution is -0.124. The van der Waals surface area contributed by atoms with Gasteiger partial charge >= 0.3 is 0 Å². The van der Waals surface area contributed by atoms with Crippen LogP contribution in [0.4, 0.5) is 0 Å². The highest BCUT2D eigenvalue weighted by atomic mass is 16.5. The molecule has 0 aromatic rings. The standard InChI is InChI=1S/C12H24N2O2/c1-4-13-7-5-11(15)14-10-6-8-16-12(2,3)9-10/h10,13H,4-9H2,1-3H3,(H,14,15). The van der Waals surface area contributed by atoms with Crippen LogP contribution in [0, 0.1) is 0 Å². The van der Waals surface area contributed by atoms with Crippen LogP contribution in [0.25, 0.3) is 0 Å². The summed E-state index contributed by atoms with van der Waals surface area (Å²) in [5.41, 5.74) is -0.0993. The van der Waals surface area contributed by atoms with E-state index in [0.29, 0.717) is 6.42 Å². The SMILES string of the molecule is CCNCCC(=O)NC1CCOC(C)(C)C1. The van der Waals surface area contributed by atoms with E-state index < -0.39 is 0 Å². The topological polar surface area (TPSA) is 50.4 Å². The van der Waals surface area contributed by atoms with E-state index in [1.165, 1.54) is 0 Å². The van der Waals surface area contributed by atoms with Crippen molar-refractivity contribution in [3.63, 3.8) is 0 Å². The lowest BCUT2D eigenvalue weighted by Crippen LogP contribution is -2.46. The minimum atomic E-state index is -0.0993. The zero-order valence-corrected chi connectivity index (χ0v) is 10.6. The molecule has 94 valence electrons. The molecule has 16 heavy (non-hydrogen) atoms. The third-order valence-electron chi connectivity index (χ3n) is 2.84. The molecule has 1 heterocycles. The van der Waals surface area contributed by atoms with E-state index in [9.17, 15) is 4.79 Å². The Bertz CT molecular complexity index is 229. The number of carbonyl (C=O) groups is 1. The monoisotopic (exact) mass is 228 g/mol. The average molecular weight is 228 g/mol. The van der Waals surface area contributed by atoms with E-state index in [1.807, 2.05) is 6.92 Å². The van der Waals surface area contributed by atoms with Crippen LogP contribution < -0.4 is 10.6 Å². The van der Waals surface area contributed by atoms with Gasteiger partial charge in [-0.1, -0.05) is 6.92 Å². The average Bonchev–Trinajstić information content (AvgIpc) is 2.16. The zero-order chi connectivity index (χ0) is 12.0. The molecular formula is C12H24N2O2. The minimum Gasteiger partial charge on any atom is -0.375 e. The largest absolute Gasteiger partial charge is 0.375 e. The Morgan fingerprint density at radius 1 is 1.50 bits per heavy atom. The summed E-state index contributed by atoms with van der Waals surface area (Å²) in [6, 6.07) is 0.276. The number of carbonyl (C=O) groups excluding carboxylic acids is 1. The molecule has 1 rings (SSSR count). The van der Waals surface area contributed by atoms with Gasteiger partial charge in [-0.3, -0.25) is 4.79 Å². The van der Waals surface area contributed by atoms with Gasteiger partial charge in [-0.25, -0.2) is 0 Å². The normalized spacial score (nSPS) is 24.1. The van der Waals surface area contributed by atoms with Crippen LogP contribution in [0.5, 0.6) is 0 Å². The summed E-state index contributed by atoms with van der Waals surface area (Å²) in [5.74, 6) is 0.142. The van der Waals surface area contributed by atoms with E-state index in [0.717, 1.165) is 32.5 Å². The fraction of sp³-hybridized carbons (Fsp3) is 0.917. The molecule has 0 radical (unpaired) electrons. The minimum absolute atomic E-state index is 0.0993. The molecule has 0 saturated carbocycles. The van der Waals surface area contributed by atoms with Gasteiger partial charge in [-0.05, 0) is 33.2 Å². The molecule has 1 unspecified atom stereocenters. The zero-order valence-electron chi connectivity index (χ0n) is 10.6. The number of rotatable bonds is 5. The summed E-state index contributed by atoms with van der Waals surface area (Å²) < 4.78 is 5.61. The van der Waals surface area contributed by atoms with Gasteiger partial charge in [0.1, 0.15) is 0 Å². The van der Waals surface area contributed by atoms with Gasteiger partial charge in [0, 0.05) is 25.6 Å². The Morgan fingerprint density at radius 2 is 2.25 bits per heavy atom. The van der Waals surface area contributed by atoms with Crippen molar-refractivity contribution < 1.29 is 9.53 Å². The first-order valence-electron chi connectivity index (χ1n) is 6.17. The van der Waals surface area contributed by atoms with Gasteiger partial charge in [-0.15, -0.1) is 0 Å². The van der Waals surface area contributed by atoms with Crippen LogP contribution in [-0.4, -0.2) is 37.2 Å². The lowest BCUT2D eigenvalue weighted by atomic mass is 9.94. The molecule has 4 heteroatoms. The molecule has 0 aliphatic carbocycles. The maximum absolute atomic E-state index is 11.6. The van der Waals surface area contributed by atoms with Crippen LogP contribution in [-0.2, 0) is 9.53 Å². The molecule has 1 amide bonds. The van der Waals surface area contributed by atoms with E-state index in [4.69, 9.17) is 4.74 Å². The van der Waals surface area contributed by atoms with Crippen molar-refractivity contribution >= 4 is 5.91 Å². The molecule has 1 aliphatic rings. The third kappa shape index (κ3) is 4.94. The van der Waals surface area contributed by atoms with Crippen molar-refractivity contribution in [1.82, 2.24) is 10.6 Å². The Morgan fingerprint density at radius 3 is 2.88 bits per heavy atom. The predicted molar refractivity (Wildman–Crippen MR) is 64.4 cm³/mol. The number of ether oxygens (including phenoxy) is 1. The van der Waals surface area contributed by atoms with E-state index >= 15 is 0 Å². The Balaban J connectivity index is 2.23. The van der Waals surface area contributed by atoms with Crippen LogP contribution >= 0.6 is 0 Å². The third-order valence-corrected chi connectivity index (χ3v) is 2.84. The van der Waals surface area contributed by atoms with E-state index in [-0.39, 0.29) is 17.6 Å². The lowest BCUT2D eigenvalue weighted by Gasteiger charge is -2.35. The predicted octanol–water partition coefficient (Wildman–Crippen LogP) is 1.06. The Labute approximate surface area is 98.1 Å². The highest BCUT2D eigenvalue weighted by Crippen LogP contribution is 2.23. The molecule has 0 aromatic heterocycles. The van der Waals surface area contributed by atoms with Gasteiger partial charge in [0.25, 0.3) is 0 Å². The van der Waals surface area contributed by atoms with Crippen molar-refractivity contribution in [2.45, 2.75) is 51.7 Å². The summed E-state index contributed by atoms with van der Waals surface area (Å²) in [6.45, 7) is 8.60. The molecule has 1 atom stereocenters. The molecular weight excluding hydrogens is 204 g/mol. The molecule has 1 fully saturated rings. The number of hydrogen-bond donors (Lipinski definition) is 2. The maximum atomic E-state index is 11.6. The van der Waals surface area contributed by atoms with Crippen molar-refractivity contribution in [2.75, 3.05) is 19.7 Å². The van der Waals surface area contributed by atoms with Crippen LogP contribution in [0.15, 0.2) is 0 Å². The molecule has 0 aromatic carbocycles. The molecule has 1 saturated heterocycles. The first-order valence-corrected chi connectivity index (χ1v) is 6.17. The van der Waals surface area contributed by atoms with Gasteiger partial charge < -0.3 is 15.4 Å². The van der Waals surface area contributed by atoms with E-state index in [2.05, 4.69) is 24.5 Å². The molecule has 0 bridgehead atoms. The van der Waals surface area contributed by atoms with Crippen molar-refractivity contribution in [3.8, 4) is 0 Å². The van der Waals surface area contributed by atoms with Crippen molar-refractivity contribution in [2.24, 2.45) is 0 Å². The second-order valence-corrected chi connectivity index (χ2v) is 4.97.